The molecular formula is C25H35N3O9S. The molecule has 12 nitrogen and oxygen atoms in total. The number of primary amides is 1. The molecule has 2 aliphatic heterocycles. The molecular weight excluding hydrogens is 518 g/mol. The summed E-state index contributed by atoms with van der Waals surface area (Å²) < 4.78 is 29.8. The molecule has 0 spiro atoms. The van der Waals surface area contributed by atoms with Crippen molar-refractivity contribution in [2.24, 2.45) is 5.73 Å². The fourth-order valence-electron chi connectivity index (χ4n) is 4.12. The molecule has 1 aromatic rings. The van der Waals surface area contributed by atoms with Crippen LogP contribution in [-0.4, -0.2) is 84.6 Å². The van der Waals surface area contributed by atoms with E-state index >= 15 is 0 Å². The number of hydrogen-bond donors (Lipinski definition) is 3. The Bertz CT molecular complexity index is 998. The quantitative estimate of drug-likeness (QED) is 0.369. The van der Waals surface area contributed by atoms with E-state index in [2.05, 4.69) is 10.6 Å². The molecule has 4 N–H and O–H groups in total. The molecule has 3 rings (SSSR count). The highest BCUT2D eigenvalue weighted by Gasteiger charge is 2.52. The molecule has 0 radical (unpaired) electrons. The van der Waals surface area contributed by atoms with E-state index in [1.165, 1.54) is 27.9 Å². The Kier molecular flexibility index (Phi) is 10.7. The maximum absolute atomic E-state index is 13.0. The molecule has 13 heteroatoms. The van der Waals surface area contributed by atoms with E-state index < -0.39 is 71.3 Å². The van der Waals surface area contributed by atoms with Gasteiger partial charge in [-0.3, -0.25) is 19.2 Å². The lowest BCUT2D eigenvalue weighted by Gasteiger charge is -2.49. The maximum atomic E-state index is 13.0. The molecule has 0 unspecified atom stereocenters. The van der Waals surface area contributed by atoms with Crippen LogP contribution in [-0.2, 0) is 42.9 Å². The highest BCUT2D eigenvalue weighted by molar-refractivity contribution is 8.14. The molecule has 38 heavy (non-hydrogen) atoms. The van der Waals surface area contributed by atoms with Crippen LogP contribution in [0.5, 0.6) is 0 Å². The Labute approximate surface area is 225 Å². The van der Waals surface area contributed by atoms with Crippen molar-refractivity contribution < 1.29 is 42.9 Å². The van der Waals surface area contributed by atoms with Gasteiger partial charge in [0.25, 0.3) is 0 Å². The summed E-state index contributed by atoms with van der Waals surface area (Å²) >= 11 is 0.763. The standard InChI is InChI=1S/C25H35N3O9S/c1-12(21(26)30)27-22(31)14(3)38-23(32)13(2)35-20-18(28-15(4)29)25(33-5)36-17-11-34-24(37-19(17)20)16-9-7-6-8-10-16/h6-10,12-14,17-20,24-25H,11H2,1-5H3,(H2,26,30)(H,27,31)(H,28,29)/t12-,13-,14+,17-,18+,19-,20-,24-,25+/m1/s1. The molecule has 3 amide bonds. The Hall–Kier alpha value is -2.55. The zero-order valence-corrected chi connectivity index (χ0v) is 22.8. The van der Waals surface area contributed by atoms with E-state index in [1.807, 2.05) is 30.3 Å². The fourth-order valence-corrected chi connectivity index (χ4v) is 4.89. The minimum Gasteiger partial charge on any atom is -0.368 e. The monoisotopic (exact) mass is 553 g/mol. The third-order valence-corrected chi connectivity index (χ3v) is 7.29. The SMILES string of the molecule is CO[C@H]1O[C@@H]2CO[C@@H](c3ccccc3)O[C@H]2[C@H](O[C@H](C)C(=O)S[C@@H](C)C(=O)N[C@H](C)C(N)=O)[C@@H]1NC(C)=O. The highest BCUT2D eigenvalue weighted by atomic mass is 32.2. The number of carbonyl (C=O) groups excluding carboxylic acids is 4. The molecule has 9 atom stereocenters. The molecule has 1 aromatic carbocycles. The Morgan fingerprint density at radius 2 is 1.79 bits per heavy atom. The van der Waals surface area contributed by atoms with Crippen molar-refractivity contribution in [2.45, 2.75) is 82.0 Å². The summed E-state index contributed by atoms with van der Waals surface area (Å²) in [5.74, 6) is -1.54. The van der Waals surface area contributed by atoms with Gasteiger partial charge in [-0.15, -0.1) is 0 Å². The third kappa shape index (κ3) is 7.52. The van der Waals surface area contributed by atoms with E-state index in [0.717, 1.165) is 17.3 Å². The molecule has 2 heterocycles. The smallest absolute Gasteiger partial charge is 0.239 e. The first kappa shape index (κ1) is 30.0. The van der Waals surface area contributed by atoms with Gasteiger partial charge in [0.05, 0.1) is 11.9 Å². The van der Waals surface area contributed by atoms with E-state index in [-0.39, 0.29) is 12.5 Å². The van der Waals surface area contributed by atoms with Crippen LogP contribution in [0.15, 0.2) is 30.3 Å². The van der Waals surface area contributed by atoms with Crippen molar-refractivity contribution >= 4 is 34.6 Å². The summed E-state index contributed by atoms with van der Waals surface area (Å²) in [7, 11) is 1.44. The molecule has 210 valence electrons. The van der Waals surface area contributed by atoms with Gasteiger partial charge in [0.15, 0.2) is 12.6 Å². The van der Waals surface area contributed by atoms with Crippen LogP contribution in [0.2, 0.25) is 0 Å². The van der Waals surface area contributed by atoms with Gasteiger partial charge < -0.3 is 40.1 Å². The number of amides is 3. The molecule has 0 saturated carbocycles. The fraction of sp³-hybridized carbons (Fsp3) is 0.600. The molecule has 0 aliphatic carbocycles. The molecule has 0 bridgehead atoms. The van der Waals surface area contributed by atoms with Crippen LogP contribution in [0.1, 0.15) is 39.5 Å². The summed E-state index contributed by atoms with van der Waals surface area (Å²) in [6.07, 6.45) is -4.75. The number of rotatable bonds is 10. The van der Waals surface area contributed by atoms with Gasteiger partial charge in [-0.05, 0) is 20.8 Å². The Morgan fingerprint density at radius 3 is 2.39 bits per heavy atom. The number of thioether (sulfide) groups is 1. The first-order valence-corrected chi connectivity index (χ1v) is 13.1. The van der Waals surface area contributed by atoms with E-state index in [9.17, 15) is 19.2 Å². The van der Waals surface area contributed by atoms with Crippen molar-refractivity contribution in [2.75, 3.05) is 13.7 Å². The lowest BCUT2D eigenvalue weighted by Crippen LogP contribution is -2.67. The van der Waals surface area contributed by atoms with Gasteiger partial charge in [-0.25, -0.2) is 0 Å². The van der Waals surface area contributed by atoms with Gasteiger partial charge in [-0.1, -0.05) is 42.1 Å². The number of nitrogens with one attached hydrogen (secondary N) is 2. The Balaban J connectivity index is 1.77. The summed E-state index contributed by atoms with van der Waals surface area (Å²) in [5, 5.41) is 4.02. The van der Waals surface area contributed by atoms with Gasteiger partial charge in [-0.2, -0.15) is 0 Å². The first-order chi connectivity index (χ1) is 18.0. The number of methoxy groups -OCH3 is 1. The number of nitrogens with two attached hydrogens (primary N) is 1. The van der Waals surface area contributed by atoms with E-state index in [0.29, 0.717) is 0 Å². The molecule has 2 fully saturated rings. The van der Waals surface area contributed by atoms with Gasteiger partial charge in [0, 0.05) is 19.6 Å². The summed E-state index contributed by atoms with van der Waals surface area (Å²) in [6, 6.07) is 7.65. The lowest BCUT2D eigenvalue weighted by atomic mass is 9.95. The summed E-state index contributed by atoms with van der Waals surface area (Å²) in [4.78, 5) is 48.7. The van der Waals surface area contributed by atoms with Gasteiger partial charge in [0.1, 0.15) is 36.5 Å². The van der Waals surface area contributed by atoms with Crippen LogP contribution in [0.3, 0.4) is 0 Å². The number of carbonyl (C=O) groups is 4. The lowest BCUT2D eigenvalue weighted by molar-refractivity contribution is -0.347. The average molecular weight is 554 g/mol. The normalized spacial score (nSPS) is 29.3. The third-order valence-electron chi connectivity index (χ3n) is 6.15. The second-order valence-corrected chi connectivity index (χ2v) is 10.5. The van der Waals surface area contributed by atoms with Crippen molar-refractivity contribution in [3.8, 4) is 0 Å². The van der Waals surface area contributed by atoms with E-state index in [1.54, 1.807) is 6.92 Å². The first-order valence-electron chi connectivity index (χ1n) is 12.2. The second-order valence-electron chi connectivity index (χ2n) is 9.14. The largest absolute Gasteiger partial charge is 0.368 e. The average Bonchev–Trinajstić information content (AvgIpc) is 2.89. The highest BCUT2D eigenvalue weighted by Crippen LogP contribution is 2.36. The summed E-state index contributed by atoms with van der Waals surface area (Å²) in [6.45, 7) is 6.07. The maximum Gasteiger partial charge on any atom is 0.239 e. The minimum atomic E-state index is -0.997. The Morgan fingerprint density at radius 1 is 1.11 bits per heavy atom. The van der Waals surface area contributed by atoms with Gasteiger partial charge >= 0.3 is 0 Å². The molecule has 2 aliphatic rings. The van der Waals surface area contributed by atoms with Crippen LogP contribution >= 0.6 is 11.8 Å². The number of fused-ring (bicyclic) bond motifs is 1. The minimum absolute atomic E-state index is 0.170. The van der Waals surface area contributed by atoms with Crippen LogP contribution < -0.4 is 16.4 Å². The van der Waals surface area contributed by atoms with Crippen molar-refractivity contribution in [1.82, 2.24) is 10.6 Å². The van der Waals surface area contributed by atoms with Crippen molar-refractivity contribution in [1.29, 1.82) is 0 Å². The van der Waals surface area contributed by atoms with Crippen molar-refractivity contribution in [3.05, 3.63) is 35.9 Å². The molecule has 2 saturated heterocycles. The number of benzene rings is 1. The molecule has 0 aromatic heterocycles. The van der Waals surface area contributed by atoms with Crippen molar-refractivity contribution in [3.63, 3.8) is 0 Å². The van der Waals surface area contributed by atoms with Crippen LogP contribution in [0, 0.1) is 0 Å². The predicted molar refractivity (Wildman–Crippen MR) is 136 cm³/mol. The topological polar surface area (TPSA) is 165 Å². The van der Waals surface area contributed by atoms with Gasteiger partial charge in [0.2, 0.25) is 22.8 Å². The summed E-state index contributed by atoms with van der Waals surface area (Å²) in [5.41, 5.74) is 5.98. The van der Waals surface area contributed by atoms with Crippen LogP contribution in [0.4, 0.5) is 0 Å². The zero-order chi connectivity index (χ0) is 28.0. The number of hydrogen-bond acceptors (Lipinski definition) is 10. The zero-order valence-electron chi connectivity index (χ0n) is 21.9. The second kappa shape index (κ2) is 13.5. The predicted octanol–water partition coefficient (Wildman–Crippen LogP) is 0.389. The number of ether oxygens (including phenoxy) is 5. The van der Waals surface area contributed by atoms with Crippen LogP contribution in [0.25, 0.3) is 0 Å². The van der Waals surface area contributed by atoms with E-state index in [4.69, 9.17) is 29.4 Å².